The Kier molecular flexibility index (Phi) is 5.37. The van der Waals surface area contributed by atoms with Gasteiger partial charge < -0.3 is 19.4 Å². The molecule has 1 aliphatic rings. The van der Waals surface area contributed by atoms with E-state index in [2.05, 4.69) is 20.9 Å². The van der Waals surface area contributed by atoms with Crippen LogP contribution in [-0.2, 0) is 11.8 Å². The van der Waals surface area contributed by atoms with E-state index in [0.29, 0.717) is 25.4 Å². The van der Waals surface area contributed by atoms with E-state index in [9.17, 15) is 9.59 Å². The number of carbonyl (C=O) groups is 1. The fraction of sp³-hybridized carbons (Fsp3) is 0.474. The molecule has 1 amide bonds. The molecule has 0 atom stereocenters. The first-order chi connectivity index (χ1) is 12.6. The van der Waals surface area contributed by atoms with Gasteiger partial charge >= 0.3 is 11.8 Å². The zero-order chi connectivity index (χ0) is 19.8. The lowest BCUT2D eigenvalue weighted by Crippen LogP contribution is -2.39. The molecule has 0 saturated heterocycles. The average Bonchev–Trinajstić information content (AvgIpc) is 2.86. The van der Waals surface area contributed by atoms with Crippen molar-refractivity contribution in [3.8, 4) is 5.75 Å². The summed E-state index contributed by atoms with van der Waals surface area (Å²) in [5, 5.41) is 0. The molecule has 0 spiro atoms. The molecule has 8 heteroatoms. The van der Waals surface area contributed by atoms with Gasteiger partial charge in [-0.05, 0) is 54.8 Å². The van der Waals surface area contributed by atoms with Crippen molar-refractivity contribution in [1.29, 1.82) is 0 Å². The minimum absolute atomic E-state index is 0.161. The Morgan fingerprint density at radius 2 is 2.07 bits per heavy atom. The van der Waals surface area contributed by atoms with E-state index < -0.39 is 5.60 Å². The number of carbonyl (C=O) groups excluding carboxylic acids is 1. The SMILES string of the molecule is Cn1c(=O)[nH]c2cc(OCC3=CCN(C(=O)OC(C)(C)C)CC3)c(Br)cc21. The number of imidazole rings is 1. The van der Waals surface area contributed by atoms with Crippen LogP contribution in [0.5, 0.6) is 5.75 Å². The summed E-state index contributed by atoms with van der Waals surface area (Å²) in [5.41, 5.74) is 2.02. The third-order valence-electron chi connectivity index (χ3n) is 4.33. The van der Waals surface area contributed by atoms with E-state index in [1.165, 1.54) is 0 Å². The number of hydrogen-bond donors (Lipinski definition) is 1. The van der Waals surface area contributed by atoms with Crippen LogP contribution in [0.2, 0.25) is 0 Å². The van der Waals surface area contributed by atoms with Crippen molar-refractivity contribution in [3.63, 3.8) is 0 Å². The van der Waals surface area contributed by atoms with Crippen LogP contribution in [0.1, 0.15) is 27.2 Å². The van der Waals surface area contributed by atoms with Gasteiger partial charge in [0.2, 0.25) is 0 Å². The number of rotatable bonds is 3. The highest BCUT2D eigenvalue weighted by Crippen LogP contribution is 2.30. The molecule has 27 heavy (non-hydrogen) atoms. The Balaban J connectivity index is 1.63. The average molecular weight is 438 g/mol. The summed E-state index contributed by atoms with van der Waals surface area (Å²) < 4.78 is 13.7. The Morgan fingerprint density at radius 3 is 2.70 bits per heavy atom. The maximum atomic E-state index is 12.1. The van der Waals surface area contributed by atoms with Gasteiger partial charge in [0.25, 0.3) is 0 Å². The van der Waals surface area contributed by atoms with Crippen LogP contribution in [0.15, 0.2) is 33.0 Å². The van der Waals surface area contributed by atoms with E-state index in [-0.39, 0.29) is 11.8 Å². The number of H-pyrrole nitrogens is 1. The predicted molar refractivity (Wildman–Crippen MR) is 107 cm³/mol. The molecule has 0 radical (unpaired) electrons. The number of aryl methyl sites for hydroxylation is 1. The van der Waals surface area contributed by atoms with Gasteiger partial charge in [0.1, 0.15) is 18.0 Å². The number of nitrogens with zero attached hydrogens (tertiary/aromatic N) is 2. The molecule has 1 aliphatic heterocycles. The number of aromatic nitrogens is 2. The fourth-order valence-electron chi connectivity index (χ4n) is 2.84. The Labute approximate surface area is 166 Å². The molecule has 146 valence electrons. The number of ether oxygens (including phenoxy) is 2. The summed E-state index contributed by atoms with van der Waals surface area (Å²) in [6, 6.07) is 3.68. The minimum atomic E-state index is -0.493. The first kappa shape index (κ1) is 19.5. The van der Waals surface area contributed by atoms with Gasteiger partial charge in [-0.3, -0.25) is 4.57 Å². The fourth-order valence-corrected chi connectivity index (χ4v) is 3.29. The lowest BCUT2D eigenvalue weighted by Gasteiger charge is -2.29. The van der Waals surface area contributed by atoms with Gasteiger partial charge in [-0.25, -0.2) is 9.59 Å². The van der Waals surface area contributed by atoms with Gasteiger partial charge in [0.05, 0.1) is 15.5 Å². The zero-order valence-electron chi connectivity index (χ0n) is 16.0. The Morgan fingerprint density at radius 1 is 1.33 bits per heavy atom. The molecule has 0 aliphatic carbocycles. The van der Waals surface area contributed by atoms with E-state index in [0.717, 1.165) is 27.5 Å². The van der Waals surface area contributed by atoms with Gasteiger partial charge in [-0.2, -0.15) is 0 Å². The molecule has 0 bridgehead atoms. The van der Waals surface area contributed by atoms with Crippen molar-refractivity contribution in [2.45, 2.75) is 32.8 Å². The van der Waals surface area contributed by atoms with Crippen molar-refractivity contribution < 1.29 is 14.3 Å². The smallest absolute Gasteiger partial charge is 0.410 e. The van der Waals surface area contributed by atoms with Crippen molar-refractivity contribution in [2.75, 3.05) is 19.7 Å². The monoisotopic (exact) mass is 437 g/mol. The number of fused-ring (bicyclic) bond motifs is 1. The third-order valence-corrected chi connectivity index (χ3v) is 4.95. The van der Waals surface area contributed by atoms with Gasteiger partial charge in [0.15, 0.2) is 0 Å². The van der Waals surface area contributed by atoms with E-state index in [1.807, 2.05) is 39.0 Å². The van der Waals surface area contributed by atoms with Crippen molar-refractivity contribution >= 4 is 33.1 Å². The highest BCUT2D eigenvalue weighted by molar-refractivity contribution is 9.10. The quantitative estimate of drug-likeness (QED) is 0.744. The molecule has 1 aromatic carbocycles. The summed E-state index contributed by atoms with van der Waals surface area (Å²) in [7, 11) is 1.72. The standard InChI is InChI=1S/C19H24BrN3O4/c1-19(2,3)27-18(25)23-7-5-12(6-8-23)11-26-16-10-14-15(9-13(16)20)22(4)17(24)21-14/h5,9-10H,6-8,11H2,1-4H3,(H,21,24). The Hall–Kier alpha value is -2.22. The maximum Gasteiger partial charge on any atom is 0.410 e. The largest absolute Gasteiger partial charge is 0.488 e. The number of halogens is 1. The lowest BCUT2D eigenvalue weighted by atomic mass is 10.1. The summed E-state index contributed by atoms with van der Waals surface area (Å²) in [4.78, 5) is 28.3. The van der Waals surface area contributed by atoms with E-state index in [4.69, 9.17) is 9.47 Å². The van der Waals surface area contributed by atoms with Crippen LogP contribution < -0.4 is 10.4 Å². The van der Waals surface area contributed by atoms with Crippen LogP contribution in [-0.4, -0.2) is 45.8 Å². The molecule has 3 rings (SSSR count). The van der Waals surface area contributed by atoms with E-state index >= 15 is 0 Å². The molecular formula is C19H24BrN3O4. The first-order valence-corrected chi connectivity index (χ1v) is 9.60. The van der Waals surface area contributed by atoms with Crippen LogP contribution in [0.4, 0.5) is 4.79 Å². The predicted octanol–water partition coefficient (Wildman–Crippen LogP) is 3.58. The second kappa shape index (κ2) is 7.42. The number of nitrogens with one attached hydrogen (secondary N) is 1. The molecular weight excluding hydrogens is 414 g/mol. The highest BCUT2D eigenvalue weighted by atomic mass is 79.9. The van der Waals surface area contributed by atoms with Crippen molar-refractivity contribution in [3.05, 3.63) is 38.7 Å². The summed E-state index contributed by atoms with van der Waals surface area (Å²) in [6.07, 6.45) is 2.45. The van der Waals surface area contributed by atoms with Crippen molar-refractivity contribution in [2.24, 2.45) is 7.05 Å². The molecule has 2 heterocycles. The van der Waals surface area contributed by atoms with E-state index in [1.54, 1.807) is 16.5 Å². The van der Waals surface area contributed by atoms with Gasteiger partial charge in [-0.15, -0.1) is 0 Å². The molecule has 0 saturated carbocycles. The minimum Gasteiger partial charge on any atom is -0.488 e. The molecule has 1 aromatic heterocycles. The third kappa shape index (κ3) is 4.55. The number of benzene rings is 1. The number of hydrogen-bond acceptors (Lipinski definition) is 4. The second-order valence-electron chi connectivity index (χ2n) is 7.62. The second-order valence-corrected chi connectivity index (χ2v) is 8.47. The van der Waals surface area contributed by atoms with Crippen LogP contribution >= 0.6 is 15.9 Å². The van der Waals surface area contributed by atoms with Crippen molar-refractivity contribution in [1.82, 2.24) is 14.5 Å². The Bertz CT molecular complexity index is 952. The van der Waals surface area contributed by atoms with Crippen LogP contribution in [0.25, 0.3) is 11.0 Å². The molecule has 7 nitrogen and oxygen atoms in total. The van der Waals surface area contributed by atoms with Gasteiger partial charge in [-0.1, -0.05) is 6.08 Å². The zero-order valence-corrected chi connectivity index (χ0v) is 17.6. The molecule has 2 aromatic rings. The lowest BCUT2D eigenvalue weighted by molar-refractivity contribution is 0.0264. The first-order valence-electron chi connectivity index (χ1n) is 8.81. The van der Waals surface area contributed by atoms with Gasteiger partial charge in [0, 0.05) is 26.2 Å². The number of aromatic amines is 1. The highest BCUT2D eigenvalue weighted by Gasteiger charge is 2.23. The maximum absolute atomic E-state index is 12.1. The topological polar surface area (TPSA) is 76.6 Å². The summed E-state index contributed by atoms with van der Waals surface area (Å²) in [6.45, 7) is 7.13. The normalized spacial score (nSPS) is 15.0. The van der Waals surface area contributed by atoms with Crippen LogP contribution in [0, 0.1) is 0 Å². The molecule has 0 fully saturated rings. The summed E-state index contributed by atoms with van der Waals surface area (Å²) >= 11 is 3.50. The van der Waals surface area contributed by atoms with Crippen LogP contribution in [0.3, 0.4) is 0 Å². The molecule has 1 N–H and O–H groups in total. The molecule has 0 unspecified atom stereocenters. The number of amides is 1. The summed E-state index contributed by atoms with van der Waals surface area (Å²) in [5.74, 6) is 0.667.